The van der Waals surface area contributed by atoms with Crippen molar-refractivity contribution in [1.82, 2.24) is 10.4 Å². The van der Waals surface area contributed by atoms with Crippen LogP contribution in [0.5, 0.6) is 5.75 Å². The molecular weight excluding hydrogens is 493 g/mol. The Morgan fingerprint density at radius 2 is 1.81 bits per heavy atom. The number of nitrogens with one attached hydrogen (secondary N) is 1. The first-order chi connectivity index (χ1) is 17.7. The van der Waals surface area contributed by atoms with E-state index < -0.39 is 46.1 Å². The average Bonchev–Trinajstić information content (AvgIpc) is 2.85. The molecule has 0 spiro atoms. The Kier molecular flexibility index (Phi) is 6.02. The van der Waals surface area contributed by atoms with E-state index in [1.807, 2.05) is 0 Å². The number of hydrogen-bond donors (Lipinski definition) is 1. The molecule has 5 rings (SSSR count). The molecular formula is C27H18F5N3O2. The summed E-state index contributed by atoms with van der Waals surface area (Å²) in [4.78, 5) is 17.5. The SMILES string of the molecule is C=C(C)c1c(C(=O)NN2CCOc3ccc(F)cc32)cnc2c(-c3cc(F)cc(F)c3F)c(F)ccc12. The summed E-state index contributed by atoms with van der Waals surface area (Å²) in [6, 6.07) is 7.26. The summed E-state index contributed by atoms with van der Waals surface area (Å²) in [5, 5.41) is 1.64. The molecule has 0 bridgehead atoms. The first kappa shape index (κ1) is 24.2. The molecule has 1 amide bonds. The number of ether oxygens (including phenoxy) is 1. The lowest BCUT2D eigenvalue weighted by Gasteiger charge is -2.31. The van der Waals surface area contributed by atoms with Crippen molar-refractivity contribution in [2.75, 3.05) is 18.2 Å². The predicted octanol–water partition coefficient (Wildman–Crippen LogP) is 6.17. The summed E-state index contributed by atoms with van der Waals surface area (Å²) >= 11 is 0. The van der Waals surface area contributed by atoms with E-state index in [1.54, 1.807) is 6.92 Å². The molecule has 0 saturated heterocycles. The van der Waals surface area contributed by atoms with Crippen molar-refractivity contribution in [2.45, 2.75) is 6.92 Å². The molecule has 5 nitrogen and oxygen atoms in total. The first-order valence-corrected chi connectivity index (χ1v) is 11.1. The topological polar surface area (TPSA) is 54.5 Å². The van der Waals surface area contributed by atoms with E-state index in [0.29, 0.717) is 29.1 Å². The summed E-state index contributed by atoms with van der Waals surface area (Å²) in [7, 11) is 0. The van der Waals surface area contributed by atoms with Crippen LogP contribution in [0, 0.1) is 29.1 Å². The Bertz CT molecular complexity index is 1610. The minimum Gasteiger partial charge on any atom is -0.489 e. The van der Waals surface area contributed by atoms with Gasteiger partial charge in [0.15, 0.2) is 11.6 Å². The van der Waals surface area contributed by atoms with Gasteiger partial charge in [-0.1, -0.05) is 6.58 Å². The van der Waals surface area contributed by atoms with E-state index in [0.717, 1.165) is 12.3 Å². The van der Waals surface area contributed by atoms with E-state index in [9.17, 15) is 26.7 Å². The zero-order valence-electron chi connectivity index (χ0n) is 19.3. The number of aromatic nitrogens is 1. The number of hydrogen-bond acceptors (Lipinski definition) is 4. The van der Waals surface area contributed by atoms with Gasteiger partial charge in [-0.15, -0.1) is 0 Å². The summed E-state index contributed by atoms with van der Waals surface area (Å²) < 4.78 is 76.7. The second-order valence-corrected chi connectivity index (χ2v) is 8.45. The number of rotatable bonds is 4. The van der Waals surface area contributed by atoms with Gasteiger partial charge >= 0.3 is 0 Å². The minimum atomic E-state index is -1.48. The lowest BCUT2D eigenvalue weighted by atomic mass is 9.93. The van der Waals surface area contributed by atoms with Gasteiger partial charge in [-0.2, -0.15) is 0 Å². The van der Waals surface area contributed by atoms with Crippen molar-refractivity contribution < 1.29 is 31.5 Å². The van der Waals surface area contributed by atoms with Crippen LogP contribution >= 0.6 is 0 Å². The van der Waals surface area contributed by atoms with Crippen LogP contribution in [0.4, 0.5) is 27.6 Å². The maximum absolute atomic E-state index is 14.9. The Morgan fingerprint density at radius 3 is 2.57 bits per heavy atom. The Labute approximate surface area is 207 Å². The number of carbonyl (C=O) groups excluding carboxylic acids is 1. The fourth-order valence-electron chi connectivity index (χ4n) is 4.36. The second-order valence-electron chi connectivity index (χ2n) is 8.45. The number of pyridine rings is 1. The Hall–Kier alpha value is -4.47. The monoisotopic (exact) mass is 511 g/mol. The summed E-state index contributed by atoms with van der Waals surface area (Å²) in [5.41, 5.74) is 2.51. The highest BCUT2D eigenvalue weighted by molar-refractivity contribution is 6.08. The summed E-state index contributed by atoms with van der Waals surface area (Å²) in [5.74, 6) is -5.73. The number of benzene rings is 3. The van der Waals surface area contributed by atoms with Gasteiger partial charge in [0.05, 0.1) is 17.6 Å². The van der Waals surface area contributed by atoms with Gasteiger partial charge in [-0.05, 0) is 42.8 Å². The molecule has 2 heterocycles. The number of hydrazine groups is 1. The molecule has 0 unspecified atom stereocenters. The zero-order valence-corrected chi connectivity index (χ0v) is 19.3. The smallest absolute Gasteiger partial charge is 0.272 e. The quantitative estimate of drug-likeness (QED) is 0.263. The van der Waals surface area contributed by atoms with Crippen molar-refractivity contribution in [3.05, 3.63) is 95.5 Å². The lowest BCUT2D eigenvalue weighted by Crippen LogP contribution is -2.47. The van der Waals surface area contributed by atoms with Crippen molar-refractivity contribution in [1.29, 1.82) is 0 Å². The maximum Gasteiger partial charge on any atom is 0.272 e. The molecule has 0 fully saturated rings. The highest BCUT2D eigenvalue weighted by Crippen LogP contribution is 2.37. The molecule has 1 aliphatic heterocycles. The predicted molar refractivity (Wildman–Crippen MR) is 128 cm³/mol. The van der Waals surface area contributed by atoms with Crippen LogP contribution in [-0.2, 0) is 0 Å². The molecule has 1 N–H and O–H groups in total. The Balaban J connectivity index is 1.63. The van der Waals surface area contributed by atoms with Crippen LogP contribution in [0.25, 0.3) is 27.6 Å². The zero-order chi connectivity index (χ0) is 26.4. The third-order valence-electron chi connectivity index (χ3n) is 5.94. The normalized spacial score (nSPS) is 12.8. The maximum atomic E-state index is 14.9. The largest absolute Gasteiger partial charge is 0.489 e. The number of allylic oxidation sites excluding steroid dienone is 1. The molecule has 10 heteroatoms. The van der Waals surface area contributed by atoms with Gasteiger partial charge in [-0.25, -0.2) is 22.0 Å². The Morgan fingerprint density at radius 1 is 1.03 bits per heavy atom. The van der Waals surface area contributed by atoms with Gasteiger partial charge in [0.2, 0.25) is 0 Å². The van der Waals surface area contributed by atoms with Crippen molar-refractivity contribution >= 4 is 28.1 Å². The van der Waals surface area contributed by atoms with Crippen LogP contribution in [0.15, 0.2) is 55.2 Å². The number of halogens is 5. The highest BCUT2D eigenvalue weighted by Gasteiger charge is 2.26. The van der Waals surface area contributed by atoms with Crippen molar-refractivity contribution in [2.24, 2.45) is 0 Å². The van der Waals surface area contributed by atoms with Crippen LogP contribution < -0.4 is 15.2 Å². The molecule has 1 aliphatic rings. The average molecular weight is 511 g/mol. The van der Waals surface area contributed by atoms with E-state index in [1.165, 1.54) is 29.3 Å². The van der Waals surface area contributed by atoms with Crippen LogP contribution in [-0.4, -0.2) is 24.0 Å². The number of nitrogens with zero attached hydrogens (tertiary/aromatic N) is 2. The number of fused-ring (bicyclic) bond motifs is 2. The van der Waals surface area contributed by atoms with Gasteiger partial charge in [0.1, 0.15) is 35.5 Å². The molecule has 0 saturated carbocycles. The fourth-order valence-corrected chi connectivity index (χ4v) is 4.36. The highest BCUT2D eigenvalue weighted by atomic mass is 19.2. The lowest BCUT2D eigenvalue weighted by molar-refractivity contribution is 0.0944. The minimum absolute atomic E-state index is 0.0490. The first-order valence-electron chi connectivity index (χ1n) is 11.1. The third-order valence-corrected chi connectivity index (χ3v) is 5.94. The number of anilines is 1. The second kappa shape index (κ2) is 9.20. The van der Waals surface area contributed by atoms with Crippen molar-refractivity contribution in [3.8, 4) is 16.9 Å². The van der Waals surface area contributed by atoms with Gasteiger partial charge in [-0.3, -0.25) is 20.2 Å². The van der Waals surface area contributed by atoms with Gasteiger partial charge in [0, 0.05) is 40.4 Å². The summed E-state index contributed by atoms with van der Waals surface area (Å²) in [6.45, 7) is 5.98. The number of carbonyl (C=O) groups is 1. The fraction of sp³-hybridized carbons (Fsp3) is 0.111. The third kappa shape index (κ3) is 4.24. The van der Waals surface area contributed by atoms with Crippen LogP contribution in [0.3, 0.4) is 0 Å². The van der Waals surface area contributed by atoms with E-state index in [4.69, 9.17) is 4.74 Å². The standard InChI is InChI=1S/C27H18F5N3O2/c1-13(2)23-16-4-5-19(30)24(17-9-15(29)10-20(31)25(17)32)26(16)33-12-18(23)27(36)34-35-7-8-37-22-6-3-14(28)11-21(22)35/h3-6,9-12H,1,7-8H2,2H3,(H,34,36). The van der Waals surface area contributed by atoms with Gasteiger partial charge in [0.25, 0.3) is 5.91 Å². The molecule has 37 heavy (non-hydrogen) atoms. The molecule has 1 aromatic heterocycles. The molecule has 4 aromatic rings. The molecule has 0 radical (unpaired) electrons. The molecule has 0 aliphatic carbocycles. The van der Waals surface area contributed by atoms with Crippen LogP contribution in [0.1, 0.15) is 22.8 Å². The van der Waals surface area contributed by atoms with E-state index in [-0.39, 0.29) is 35.2 Å². The number of amides is 1. The van der Waals surface area contributed by atoms with Crippen molar-refractivity contribution in [3.63, 3.8) is 0 Å². The van der Waals surface area contributed by atoms with Crippen LogP contribution in [0.2, 0.25) is 0 Å². The van der Waals surface area contributed by atoms with Gasteiger partial charge < -0.3 is 4.74 Å². The summed E-state index contributed by atoms with van der Waals surface area (Å²) in [6.07, 6.45) is 1.14. The van der Waals surface area contributed by atoms with E-state index in [2.05, 4.69) is 17.0 Å². The molecule has 3 aromatic carbocycles. The van der Waals surface area contributed by atoms with E-state index >= 15 is 0 Å². The molecule has 0 atom stereocenters. The molecule has 188 valence electrons.